The zero-order valence-corrected chi connectivity index (χ0v) is 12.1. The summed E-state index contributed by atoms with van der Waals surface area (Å²) >= 11 is 6.16. The van der Waals surface area contributed by atoms with Crippen LogP contribution in [0.4, 0.5) is 0 Å². The van der Waals surface area contributed by atoms with E-state index in [2.05, 4.69) is 4.74 Å². The van der Waals surface area contributed by atoms with Gasteiger partial charge in [0.25, 0.3) is 0 Å². The summed E-state index contributed by atoms with van der Waals surface area (Å²) in [5.41, 5.74) is 6.18. The summed E-state index contributed by atoms with van der Waals surface area (Å²) in [4.78, 5) is 11.3. The Morgan fingerprint density at radius 2 is 1.86 bits per heavy atom. The van der Waals surface area contributed by atoms with Crippen molar-refractivity contribution in [3.8, 4) is 11.5 Å². The molecule has 2 aromatic carbocycles. The third kappa shape index (κ3) is 4.00. The first kappa shape index (κ1) is 14.9. The number of para-hydroxylation sites is 1. The van der Waals surface area contributed by atoms with Crippen LogP contribution in [0.3, 0.4) is 0 Å². The molecule has 0 saturated heterocycles. The first-order valence-electron chi connectivity index (χ1n) is 6.18. The van der Waals surface area contributed by atoms with Gasteiger partial charge in [0.05, 0.1) is 12.1 Å². The molecule has 0 bridgehead atoms. The smallest absolute Gasteiger partial charge is 0.353 e. The molecule has 0 atom stereocenters. The molecular weight excluding hydrogens is 290 g/mol. The Labute approximate surface area is 127 Å². The van der Waals surface area contributed by atoms with Crippen LogP contribution in [-0.4, -0.2) is 13.1 Å². The lowest BCUT2D eigenvalue weighted by Gasteiger charge is -2.07. The maximum atomic E-state index is 11.3. The van der Waals surface area contributed by atoms with E-state index in [1.807, 2.05) is 30.3 Å². The predicted molar refractivity (Wildman–Crippen MR) is 82.1 cm³/mol. The molecule has 0 heterocycles. The quantitative estimate of drug-likeness (QED) is 0.692. The molecule has 108 valence electrons. The third-order valence-electron chi connectivity index (χ3n) is 2.68. The zero-order chi connectivity index (χ0) is 15.2. The molecule has 2 N–H and O–H groups in total. The summed E-state index contributed by atoms with van der Waals surface area (Å²) in [5.74, 6) is 0.710. The van der Waals surface area contributed by atoms with E-state index in [4.69, 9.17) is 22.1 Å². The van der Waals surface area contributed by atoms with Crippen LogP contribution in [0, 0.1) is 0 Å². The van der Waals surface area contributed by atoms with Gasteiger partial charge in [-0.1, -0.05) is 29.8 Å². The highest BCUT2D eigenvalue weighted by molar-refractivity contribution is 6.32. The van der Waals surface area contributed by atoms with Crippen molar-refractivity contribution in [3.05, 3.63) is 64.8 Å². The fraction of sp³-hybridized carbons (Fsp3) is 0.0625. The molecule has 0 aliphatic rings. The summed E-state index contributed by atoms with van der Waals surface area (Å²) in [6, 6.07) is 14.5. The lowest BCUT2D eigenvalue weighted by atomic mass is 10.2. The Morgan fingerprint density at radius 3 is 2.48 bits per heavy atom. The van der Waals surface area contributed by atoms with Gasteiger partial charge in [-0.2, -0.15) is 0 Å². The number of rotatable bonds is 4. The van der Waals surface area contributed by atoms with Gasteiger partial charge in [-0.3, -0.25) is 0 Å². The van der Waals surface area contributed by atoms with Gasteiger partial charge in [-0.05, 0) is 42.0 Å². The third-order valence-corrected chi connectivity index (χ3v) is 3.01. The van der Waals surface area contributed by atoms with Gasteiger partial charge in [0.2, 0.25) is 0 Å². The lowest BCUT2D eigenvalue weighted by molar-refractivity contribution is -0.136. The van der Waals surface area contributed by atoms with Crippen molar-refractivity contribution in [3.63, 3.8) is 0 Å². The predicted octanol–water partition coefficient (Wildman–Crippen LogP) is 3.60. The van der Waals surface area contributed by atoms with Crippen LogP contribution >= 0.6 is 11.6 Å². The molecule has 2 aromatic rings. The normalized spacial score (nSPS) is 11.0. The maximum absolute atomic E-state index is 11.3. The van der Waals surface area contributed by atoms with Gasteiger partial charge in [0.1, 0.15) is 17.2 Å². The molecule has 0 aliphatic heterocycles. The first-order chi connectivity index (χ1) is 10.1. The Hall–Kier alpha value is -2.46. The van der Waals surface area contributed by atoms with Crippen LogP contribution in [0.5, 0.6) is 11.5 Å². The van der Waals surface area contributed by atoms with Gasteiger partial charge < -0.3 is 15.2 Å². The number of nitrogens with two attached hydrogens (primary N) is 1. The van der Waals surface area contributed by atoms with Crippen molar-refractivity contribution in [2.24, 2.45) is 5.73 Å². The Bertz CT molecular complexity index is 668. The van der Waals surface area contributed by atoms with E-state index in [-0.39, 0.29) is 5.70 Å². The summed E-state index contributed by atoms with van der Waals surface area (Å²) < 4.78 is 10.2. The number of methoxy groups -OCH3 is 1. The van der Waals surface area contributed by atoms with Crippen LogP contribution in [0.1, 0.15) is 5.56 Å². The Morgan fingerprint density at radius 1 is 1.14 bits per heavy atom. The molecule has 5 heteroatoms. The van der Waals surface area contributed by atoms with Crippen molar-refractivity contribution in [1.29, 1.82) is 0 Å². The number of hydrogen-bond acceptors (Lipinski definition) is 4. The SMILES string of the molecule is COC(=O)/C(N)=C/c1ccc(Oc2ccccc2)cc1Cl. The summed E-state index contributed by atoms with van der Waals surface area (Å²) in [5, 5.41) is 0.426. The molecule has 0 saturated carbocycles. The summed E-state index contributed by atoms with van der Waals surface area (Å²) in [7, 11) is 1.27. The number of benzene rings is 2. The average molecular weight is 304 g/mol. The number of carbonyl (C=O) groups is 1. The number of ether oxygens (including phenoxy) is 2. The van der Waals surface area contributed by atoms with E-state index in [0.717, 1.165) is 0 Å². The molecule has 0 fully saturated rings. The van der Waals surface area contributed by atoms with Crippen molar-refractivity contribution in [2.75, 3.05) is 7.11 Å². The molecule has 0 unspecified atom stereocenters. The van der Waals surface area contributed by atoms with Gasteiger partial charge in [-0.25, -0.2) is 4.79 Å². The van der Waals surface area contributed by atoms with E-state index < -0.39 is 5.97 Å². The molecular formula is C16H14ClNO3. The first-order valence-corrected chi connectivity index (χ1v) is 6.56. The molecule has 0 amide bonds. The minimum Gasteiger partial charge on any atom is -0.464 e. The van der Waals surface area contributed by atoms with E-state index in [9.17, 15) is 4.79 Å². The van der Waals surface area contributed by atoms with E-state index in [1.54, 1.807) is 18.2 Å². The largest absolute Gasteiger partial charge is 0.464 e. The topological polar surface area (TPSA) is 61.5 Å². The van der Waals surface area contributed by atoms with Crippen LogP contribution in [-0.2, 0) is 9.53 Å². The van der Waals surface area contributed by atoms with Crippen LogP contribution in [0.15, 0.2) is 54.2 Å². The summed E-state index contributed by atoms with van der Waals surface area (Å²) in [6.07, 6.45) is 1.46. The molecule has 0 aromatic heterocycles. The molecule has 0 radical (unpaired) electrons. The second kappa shape index (κ2) is 6.81. The molecule has 4 nitrogen and oxygen atoms in total. The van der Waals surface area contributed by atoms with Gasteiger partial charge in [0.15, 0.2) is 0 Å². The van der Waals surface area contributed by atoms with Crippen molar-refractivity contribution in [2.45, 2.75) is 0 Å². The highest BCUT2D eigenvalue weighted by atomic mass is 35.5. The second-order valence-corrected chi connectivity index (χ2v) is 4.60. The second-order valence-electron chi connectivity index (χ2n) is 4.19. The molecule has 0 spiro atoms. The number of carbonyl (C=O) groups excluding carboxylic acids is 1. The standard InChI is InChI=1S/C16H14ClNO3/c1-20-16(19)15(18)9-11-7-8-13(10-14(11)17)21-12-5-3-2-4-6-12/h2-10H,18H2,1H3/b15-9-. The van der Waals surface area contributed by atoms with Gasteiger partial charge in [0, 0.05) is 0 Å². The number of hydrogen-bond donors (Lipinski definition) is 1. The van der Waals surface area contributed by atoms with Crippen molar-refractivity contribution < 1.29 is 14.3 Å². The van der Waals surface area contributed by atoms with E-state index in [1.165, 1.54) is 13.2 Å². The molecule has 21 heavy (non-hydrogen) atoms. The van der Waals surface area contributed by atoms with Crippen LogP contribution in [0.25, 0.3) is 6.08 Å². The van der Waals surface area contributed by atoms with Crippen molar-refractivity contribution >= 4 is 23.6 Å². The monoisotopic (exact) mass is 303 g/mol. The van der Waals surface area contributed by atoms with Crippen LogP contribution < -0.4 is 10.5 Å². The van der Waals surface area contributed by atoms with Gasteiger partial charge >= 0.3 is 5.97 Å². The molecule has 0 aliphatic carbocycles. The molecule has 2 rings (SSSR count). The lowest BCUT2D eigenvalue weighted by Crippen LogP contribution is -2.12. The summed E-state index contributed by atoms with van der Waals surface area (Å²) in [6.45, 7) is 0. The van der Waals surface area contributed by atoms with E-state index in [0.29, 0.717) is 22.1 Å². The van der Waals surface area contributed by atoms with Crippen LogP contribution in [0.2, 0.25) is 5.02 Å². The fourth-order valence-electron chi connectivity index (χ4n) is 1.66. The zero-order valence-electron chi connectivity index (χ0n) is 11.4. The minimum atomic E-state index is -0.601. The Kier molecular flexibility index (Phi) is 4.85. The highest BCUT2D eigenvalue weighted by Crippen LogP contribution is 2.27. The minimum absolute atomic E-state index is 0.0175. The maximum Gasteiger partial charge on any atom is 0.353 e. The van der Waals surface area contributed by atoms with Crippen molar-refractivity contribution in [1.82, 2.24) is 0 Å². The number of halogens is 1. The van der Waals surface area contributed by atoms with E-state index >= 15 is 0 Å². The highest BCUT2D eigenvalue weighted by Gasteiger charge is 2.07. The Balaban J connectivity index is 2.20. The number of esters is 1. The van der Waals surface area contributed by atoms with Gasteiger partial charge in [-0.15, -0.1) is 0 Å². The fourth-order valence-corrected chi connectivity index (χ4v) is 1.88. The average Bonchev–Trinajstić information content (AvgIpc) is 2.50.